The van der Waals surface area contributed by atoms with E-state index in [0.29, 0.717) is 0 Å². The van der Waals surface area contributed by atoms with Crippen molar-refractivity contribution >= 4 is 0 Å². The van der Waals surface area contributed by atoms with Crippen molar-refractivity contribution in [2.45, 2.75) is 45.8 Å². The highest BCUT2D eigenvalue weighted by molar-refractivity contribution is 5.58. The van der Waals surface area contributed by atoms with Crippen LogP contribution in [0.15, 0.2) is 40.8 Å². The topological polar surface area (TPSA) is 54.6 Å². The molecule has 2 rings (SSSR count). The van der Waals surface area contributed by atoms with E-state index in [4.69, 9.17) is 9.15 Å². The van der Waals surface area contributed by atoms with Gasteiger partial charge in [0.05, 0.1) is 12.6 Å². The number of aliphatic hydroxyl groups excluding tert-OH is 1. The van der Waals surface area contributed by atoms with E-state index >= 15 is 0 Å². The predicted molar refractivity (Wildman–Crippen MR) is 96.8 cm³/mol. The average molecular weight is 331 g/mol. The summed E-state index contributed by atoms with van der Waals surface area (Å²) >= 11 is 0. The Morgan fingerprint density at radius 1 is 1.08 bits per heavy atom. The van der Waals surface area contributed by atoms with Crippen LogP contribution in [0.25, 0.3) is 11.3 Å². The molecule has 0 spiro atoms. The van der Waals surface area contributed by atoms with Crippen LogP contribution >= 0.6 is 0 Å². The number of hydrogen-bond acceptors (Lipinski definition) is 4. The molecule has 0 fully saturated rings. The lowest BCUT2D eigenvalue weighted by Gasteiger charge is -2.05. The molecule has 0 unspecified atom stereocenters. The maximum absolute atomic E-state index is 9.55. The summed E-state index contributed by atoms with van der Waals surface area (Å²) in [5.41, 5.74) is 1.93. The second-order valence-corrected chi connectivity index (χ2v) is 6.06. The Balaban J connectivity index is 1.71. The number of nitrogens with one attached hydrogen (secondary N) is 1. The van der Waals surface area contributed by atoms with E-state index in [9.17, 15) is 5.11 Å². The lowest BCUT2D eigenvalue weighted by molar-refractivity contribution is 0.128. The Kier molecular flexibility index (Phi) is 8.02. The highest BCUT2D eigenvalue weighted by Crippen LogP contribution is 2.24. The third kappa shape index (κ3) is 6.11. The molecule has 0 aliphatic carbocycles. The third-order valence-electron chi connectivity index (χ3n) is 3.92. The number of ether oxygens (including phenoxy) is 1. The standard InChI is InChI=1S/C20H29NO3/c1-3-4-13-23-14-5-12-21-15-19-10-11-20(24-19)18-8-6-17(7-9-18)16(2)22/h6-11,16,21-22H,3-5,12-15H2,1-2H3/t16-/m1/s1. The molecule has 1 atom stereocenters. The van der Waals surface area contributed by atoms with Gasteiger partial charge in [0.1, 0.15) is 11.5 Å². The molecule has 2 aromatic rings. The van der Waals surface area contributed by atoms with Gasteiger partial charge in [-0.25, -0.2) is 0 Å². The van der Waals surface area contributed by atoms with Gasteiger partial charge in [-0.2, -0.15) is 0 Å². The quantitative estimate of drug-likeness (QED) is 0.603. The van der Waals surface area contributed by atoms with Gasteiger partial charge in [0.15, 0.2) is 0 Å². The van der Waals surface area contributed by atoms with Gasteiger partial charge >= 0.3 is 0 Å². The number of unbranched alkanes of at least 4 members (excludes halogenated alkanes) is 1. The normalized spacial score (nSPS) is 12.5. The van der Waals surface area contributed by atoms with Crippen molar-refractivity contribution in [3.8, 4) is 11.3 Å². The summed E-state index contributed by atoms with van der Waals surface area (Å²) in [5, 5.41) is 12.9. The first-order chi connectivity index (χ1) is 11.7. The van der Waals surface area contributed by atoms with Gasteiger partial charge in [0.2, 0.25) is 0 Å². The van der Waals surface area contributed by atoms with Gasteiger partial charge in [0.25, 0.3) is 0 Å². The van der Waals surface area contributed by atoms with E-state index in [1.165, 1.54) is 6.42 Å². The first-order valence-corrected chi connectivity index (χ1v) is 8.86. The number of rotatable bonds is 11. The maximum atomic E-state index is 9.55. The molecular weight excluding hydrogens is 302 g/mol. The van der Waals surface area contributed by atoms with Crippen LogP contribution in [0.1, 0.15) is 50.5 Å². The lowest BCUT2D eigenvalue weighted by atomic mass is 10.1. The van der Waals surface area contributed by atoms with E-state index in [0.717, 1.165) is 61.8 Å². The molecule has 0 aliphatic rings. The Morgan fingerprint density at radius 2 is 1.83 bits per heavy atom. The van der Waals surface area contributed by atoms with Gasteiger partial charge < -0.3 is 19.6 Å². The summed E-state index contributed by atoms with van der Waals surface area (Å²) in [5.74, 6) is 1.78. The van der Waals surface area contributed by atoms with Crippen LogP contribution in [0.5, 0.6) is 0 Å². The number of hydrogen-bond donors (Lipinski definition) is 2. The van der Waals surface area contributed by atoms with E-state index in [2.05, 4.69) is 12.2 Å². The van der Waals surface area contributed by atoms with Gasteiger partial charge in [-0.3, -0.25) is 0 Å². The Morgan fingerprint density at radius 3 is 2.54 bits per heavy atom. The molecular formula is C20H29NO3. The minimum atomic E-state index is -0.443. The van der Waals surface area contributed by atoms with Gasteiger partial charge in [-0.05, 0) is 44.0 Å². The van der Waals surface area contributed by atoms with Crippen LogP contribution in [-0.4, -0.2) is 24.9 Å². The molecule has 0 saturated carbocycles. The summed E-state index contributed by atoms with van der Waals surface area (Å²) in [6, 6.07) is 11.8. The maximum Gasteiger partial charge on any atom is 0.134 e. The molecule has 1 heterocycles. The Labute approximate surface area is 144 Å². The van der Waals surface area contributed by atoms with E-state index in [1.54, 1.807) is 6.92 Å². The van der Waals surface area contributed by atoms with Crippen molar-refractivity contribution in [3.63, 3.8) is 0 Å². The largest absolute Gasteiger partial charge is 0.460 e. The van der Waals surface area contributed by atoms with Crippen molar-refractivity contribution in [3.05, 3.63) is 47.7 Å². The van der Waals surface area contributed by atoms with Crippen molar-refractivity contribution in [2.24, 2.45) is 0 Å². The fourth-order valence-corrected chi connectivity index (χ4v) is 2.41. The second-order valence-electron chi connectivity index (χ2n) is 6.06. The summed E-state index contributed by atoms with van der Waals surface area (Å²) in [6.45, 7) is 7.26. The Bertz CT molecular complexity index is 575. The van der Waals surface area contributed by atoms with E-state index in [1.807, 2.05) is 36.4 Å². The van der Waals surface area contributed by atoms with Crippen molar-refractivity contribution in [2.75, 3.05) is 19.8 Å². The molecule has 0 bridgehead atoms. The first kappa shape index (κ1) is 18.7. The zero-order valence-corrected chi connectivity index (χ0v) is 14.8. The minimum absolute atomic E-state index is 0.443. The van der Waals surface area contributed by atoms with Crippen LogP contribution in [-0.2, 0) is 11.3 Å². The molecule has 0 aliphatic heterocycles. The van der Waals surface area contributed by atoms with Crippen molar-refractivity contribution in [1.29, 1.82) is 0 Å². The minimum Gasteiger partial charge on any atom is -0.460 e. The van der Waals surface area contributed by atoms with E-state index < -0.39 is 6.10 Å². The lowest BCUT2D eigenvalue weighted by Crippen LogP contribution is -2.16. The van der Waals surface area contributed by atoms with Gasteiger partial charge in [0, 0.05) is 18.8 Å². The molecule has 1 aromatic carbocycles. The molecule has 24 heavy (non-hydrogen) atoms. The average Bonchev–Trinajstić information content (AvgIpc) is 3.06. The van der Waals surface area contributed by atoms with Crippen LogP contribution in [0, 0.1) is 0 Å². The molecule has 2 N–H and O–H groups in total. The molecule has 132 valence electrons. The molecule has 1 aromatic heterocycles. The SMILES string of the molecule is CCCCOCCCNCc1ccc(-c2ccc([C@@H](C)O)cc2)o1. The van der Waals surface area contributed by atoms with Crippen molar-refractivity contribution in [1.82, 2.24) is 5.32 Å². The summed E-state index contributed by atoms with van der Waals surface area (Å²) in [6.07, 6.45) is 2.89. The highest BCUT2D eigenvalue weighted by Gasteiger charge is 2.06. The first-order valence-electron chi connectivity index (χ1n) is 8.86. The van der Waals surface area contributed by atoms with Crippen LogP contribution in [0.4, 0.5) is 0 Å². The monoisotopic (exact) mass is 331 g/mol. The van der Waals surface area contributed by atoms with Crippen molar-refractivity contribution < 1.29 is 14.3 Å². The van der Waals surface area contributed by atoms with Gasteiger partial charge in [-0.15, -0.1) is 0 Å². The van der Waals surface area contributed by atoms with Crippen LogP contribution < -0.4 is 5.32 Å². The number of aliphatic hydroxyl groups is 1. The molecule has 0 saturated heterocycles. The summed E-state index contributed by atoms with van der Waals surface area (Å²) < 4.78 is 11.4. The zero-order valence-electron chi connectivity index (χ0n) is 14.8. The second kappa shape index (κ2) is 10.3. The number of furan rings is 1. The fraction of sp³-hybridized carbons (Fsp3) is 0.500. The van der Waals surface area contributed by atoms with Crippen LogP contribution in [0.3, 0.4) is 0 Å². The zero-order chi connectivity index (χ0) is 17.2. The van der Waals surface area contributed by atoms with Gasteiger partial charge in [-0.1, -0.05) is 37.6 Å². The smallest absolute Gasteiger partial charge is 0.134 e. The summed E-state index contributed by atoms with van der Waals surface area (Å²) in [7, 11) is 0. The van der Waals surface area contributed by atoms with Crippen LogP contribution in [0.2, 0.25) is 0 Å². The Hall–Kier alpha value is -1.62. The predicted octanol–water partition coefficient (Wildman–Crippen LogP) is 4.30. The third-order valence-corrected chi connectivity index (χ3v) is 3.92. The molecule has 0 radical (unpaired) electrons. The molecule has 4 nitrogen and oxygen atoms in total. The highest BCUT2D eigenvalue weighted by atomic mass is 16.5. The van der Waals surface area contributed by atoms with E-state index in [-0.39, 0.29) is 0 Å². The number of benzene rings is 1. The molecule has 4 heteroatoms. The molecule has 0 amide bonds. The summed E-state index contributed by atoms with van der Waals surface area (Å²) in [4.78, 5) is 0. The fourth-order valence-electron chi connectivity index (χ4n) is 2.41.